The second-order valence-electron chi connectivity index (χ2n) is 5.90. The Morgan fingerprint density at radius 2 is 0.944 bits per heavy atom. The molecule has 2 nitrogen and oxygen atoms in total. The second kappa shape index (κ2) is 9.28. The van der Waals surface area contributed by atoms with E-state index in [1.54, 1.807) is 0 Å². The Labute approximate surface area is 114 Å². The molecule has 0 fully saturated rings. The minimum atomic E-state index is -3.33. The first kappa shape index (κ1) is 18.4. The summed E-state index contributed by atoms with van der Waals surface area (Å²) in [6.45, 7) is 6.45. The van der Waals surface area contributed by atoms with Gasteiger partial charge in [-0.25, -0.2) is 0 Å². The zero-order valence-corrected chi connectivity index (χ0v) is 13.7. The summed E-state index contributed by atoms with van der Waals surface area (Å²) in [4.78, 5) is 21.6. The minimum absolute atomic E-state index is 0.663. The molecule has 0 aromatic heterocycles. The van der Waals surface area contributed by atoms with Crippen molar-refractivity contribution in [1.29, 1.82) is 0 Å². The molecule has 0 heterocycles. The Morgan fingerprint density at radius 1 is 0.556 bits per heavy atom. The number of rotatable bonds is 12. The Bertz CT molecular complexity index is 193. The Balaban J connectivity index is 4.18. The summed E-state index contributed by atoms with van der Waals surface area (Å²) in [5.41, 5.74) is 0. The molecule has 0 rings (SSSR count). The van der Waals surface area contributed by atoms with E-state index in [0.717, 1.165) is 38.5 Å². The molecular weight excluding hydrogens is 243 g/mol. The van der Waals surface area contributed by atoms with E-state index in [0.29, 0.717) is 18.5 Å². The van der Waals surface area contributed by atoms with Crippen LogP contribution in [-0.4, -0.2) is 28.3 Å². The molecule has 0 unspecified atom stereocenters. The summed E-state index contributed by atoms with van der Waals surface area (Å²) in [6, 6.07) is 0. The van der Waals surface area contributed by atoms with Gasteiger partial charge in [0.05, 0.1) is 0 Å². The van der Waals surface area contributed by atoms with E-state index in [-0.39, 0.29) is 0 Å². The van der Waals surface area contributed by atoms with Crippen molar-refractivity contribution < 1.29 is 9.79 Å². The fraction of sp³-hybridized carbons (Fsp3) is 1.00. The summed E-state index contributed by atoms with van der Waals surface area (Å²) in [7, 11) is -3.33. The molecule has 0 aliphatic carbocycles. The van der Waals surface area contributed by atoms with E-state index in [1.165, 1.54) is 19.3 Å². The standard InChI is InChI=1S/C15H35O2P/c1-4-7-10-11-12-15-18(16,17,13-8-5-2)14-9-6-3/h16-17H,4-15H2,1-3H3. The maximum atomic E-state index is 10.8. The Kier molecular flexibility index (Phi) is 9.47. The average molecular weight is 278 g/mol. The van der Waals surface area contributed by atoms with E-state index < -0.39 is 7.06 Å². The van der Waals surface area contributed by atoms with Crippen LogP contribution in [0.4, 0.5) is 0 Å². The average Bonchev–Trinajstić information content (AvgIpc) is 2.35. The molecule has 0 aliphatic heterocycles. The summed E-state index contributed by atoms with van der Waals surface area (Å²) < 4.78 is 0. The predicted octanol–water partition coefficient (Wildman–Crippen LogP) is 4.92. The molecule has 0 spiro atoms. The van der Waals surface area contributed by atoms with E-state index in [4.69, 9.17) is 0 Å². The van der Waals surface area contributed by atoms with Crippen molar-refractivity contribution in [3.8, 4) is 0 Å². The SMILES string of the molecule is CCCCCCCP(O)(O)(CCCC)CCCC. The van der Waals surface area contributed by atoms with Crippen molar-refractivity contribution in [3.63, 3.8) is 0 Å². The number of unbranched alkanes of at least 4 members (excludes halogenated alkanes) is 6. The van der Waals surface area contributed by atoms with Gasteiger partial charge < -0.3 is 0 Å². The quantitative estimate of drug-likeness (QED) is 0.393. The van der Waals surface area contributed by atoms with Crippen LogP contribution >= 0.6 is 7.06 Å². The van der Waals surface area contributed by atoms with Crippen LogP contribution in [0.3, 0.4) is 0 Å². The normalized spacial score (nSPS) is 14.4. The fourth-order valence-electron chi connectivity index (χ4n) is 2.46. The third-order valence-electron chi connectivity index (χ3n) is 3.83. The van der Waals surface area contributed by atoms with Gasteiger partial charge in [0.2, 0.25) is 0 Å². The van der Waals surface area contributed by atoms with Crippen molar-refractivity contribution in [3.05, 3.63) is 0 Å². The van der Waals surface area contributed by atoms with Crippen LogP contribution in [0.1, 0.15) is 78.6 Å². The van der Waals surface area contributed by atoms with Crippen molar-refractivity contribution in [1.82, 2.24) is 0 Å². The monoisotopic (exact) mass is 278 g/mol. The molecule has 0 radical (unpaired) electrons. The van der Waals surface area contributed by atoms with Gasteiger partial charge in [0.25, 0.3) is 0 Å². The van der Waals surface area contributed by atoms with Gasteiger partial charge in [0.1, 0.15) is 0 Å². The van der Waals surface area contributed by atoms with Crippen LogP contribution in [0.2, 0.25) is 0 Å². The molecule has 3 heteroatoms. The molecule has 0 aromatic rings. The topological polar surface area (TPSA) is 40.5 Å². The van der Waals surface area contributed by atoms with Crippen molar-refractivity contribution >= 4 is 7.06 Å². The van der Waals surface area contributed by atoms with Crippen LogP contribution in [-0.2, 0) is 0 Å². The van der Waals surface area contributed by atoms with E-state index in [9.17, 15) is 9.79 Å². The van der Waals surface area contributed by atoms with Crippen LogP contribution in [0.15, 0.2) is 0 Å². The van der Waals surface area contributed by atoms with Gasteiger partial charge in [-0.2, -0.15) is 0 Å². The molecule has 0 atom stereocenters. The molecular formula is C15H35O2P. The van der Waals surface area contributed by atoms with E-state index in [1.807, 2.05) is 0 Å². The molecule has 2 N–H and O–H groups in total. The summed E-state index contributed by atoms with van der Waals surface area (Å²) in [5.74, 6) is 0. The zero-order valence-electron chi connectivity index (χ0n) is 12.8. The first-order chi connectivity index (χ1) is 8.46. The van der Waals surface area contributed by atoms with Crippen molar-refractivity contribution in [2.45, 2.75) is 78.6 Å². The molecule has 0 saturated heterocycles. The van der Waals surface area contributed by atoms with Gasteiger partial charge in [-0.15, -0.1) is 0 Å². The van der Waals surface area contributed by atoms with Crippen LogP contribution in [0.25, 0.3) is 0 Å². The van der Waals surface area contributed by atoms with Crippen molar-refractivity contribution in [2.24, 2.45) is 0 Å². The molecule has 18 heavy (non-hydrogen) atoms. The summed E-state index contributed by atoms with van der Waals surface area (Å²) in [5, 5.41) is 0. The molecule has 0 saturated carbocycles. The third-order valence-corrected chi connectivity index (χ3v) is 7.88. The fourth-order valence-corrected chi connectivity index (χ4v) is 6.18. The summed E-state index contributed by atoms with van der Waals surface area (Å²) in [6.07, 6.45) is 12.0. The van der Waals surface area contributed by atoms with Crippen LogP contribution in [0.5, 0.6) is 0 Å². The zero-order chi connectivity index (χ0) is 13.9. The van der Waals surface area contributed by atoms with Crippen molar-refractivity contribution in [2.75, 3.05) is 18.5 Å². The van der Waals surface area contributed by atoms with Gasteiger partial charge in [-0.3, -0.25) is 0 Å². The Morgan fingerprint density at radius 3 is 1.39 bits per heavy atom. The van der Waals surface area contributed by atoms with Gasteiger partial charge >= 0.3 is 114 Å². The maximum absolute atomic E-state index is 10.8. The first-order valence-electron chi connectivity index (χ1n) is 7.97. The second-order valence-corrected chi connectivity index (χ2v) is 10.5. The third kappa shape index (κ3) is 8.45. The first-order valence-corrected chi connectivity index (χ1v) is 10.7. The van der Waals surface area contributed by atoms with Gasteiger partial charge in [-0.05, 0) is 0 Å². The van der Waals surface area contributed by atoms with Gasteiger partial charge in [-0.1, -0.05) is 0 Å². The molecule has 0 aromatic carbocycles. The number of hydrogen-bond donors (Lipinski definition) is 2. The summed E-state index contributed by atoms with van der Waals surface area (Å²) >= 11 is 0. The van der Waals surface area contributed by atoms with Gasteiger partial charge in [0.15, 0.2) is 0 Å². The Hall–Kier alpha value is 0.350. The van der Waals surface area contributed by atoms with E-state index >= 15 is 0 Å². The molecule has 0 amide bonds. The molecule has 112 valence electrons. The number of hydrogen-bond acceptors (Lipinski definition) is 2. The van der Waals surface area contributed by atoms with E-state index in [2.05, 4.69) is 20.8 Å². The molecule has 0 bridgehead atoms. The van der Waals surface area contributed by atoms with Gasteiger partial charge in [0, 0.05) is 0 Å². The van der Waals surface area contributed by atoms with Crippen LogP contribution in [0, 0.1) is 0 Å². The van der Waals surface area contributed by atoms with Crippen LogP contribution < -0.4 is 0 Å². The predicted molar refractivity (Wildman–Crippen MR) is 84.5 cm³/mol. The molecule has 0 aliphatic rings.